The average Bonchev–Trinajstić information content (AvgIpc) is 2.27. The summed E-state index contributed by atoms with van der Waals surface area (Å²) < 4.78 is 30.1. The number of pyridine rings is 1. The third-order valence-corrected chi connectivity index (χ3v) is 2.23. The van der Waals surface area contributed by atoms with E-state index < -0.39 is 23.7 Å². The fourth-order valence-corrected chi connectivity index (χ4v) is 1.62. The van der Waals surface area contributed by atoms with Gasteiger partial charge >= 0.3 is 5.97 Å². The van der Waals surface area contributed by atoms with Crippen LogP contribution in [0.4, 0.5) is 8.78 Å². The second-order valence-corrected chi connectivity index (χ2v) is 3.70. The second-order valence-electron chi connectivity index (χ2n) is 2.89. The number of carbonyl (C=O) groups is 1. The highest BCUT2D eigenvalue weighted by Gasteiger charge is 2.25. The van der Waals surface area contributed by atoms with Crippen LogP contribution in [0.25, 0.3) is 0 Å². The van der Waals surface area contributed by atoms with Gasteiger partial charge in [0.25, 0.3) is 6.43 Å². The van der Waals surface area contributed by atoms with Crippen molar-refractivity contribution in [1.29, 1.82) is 5.26 Å². The summed E-state index contributed by atoms with van der Waals surface area (Å²) >= 11 is 2.90. The number of nitriles is 1. The molecule has 0 aliphatic rings. The second kappa shape index (κ2) is 5.68. The van der Waals surface area contributed by atoms with Gasteiger partial charge in [-0.2, -0.15) is 5.26 Å². The number of esters is 1. The van der Waals surface area contributed by atoms with Gasteiger partial charge in [0.2, 0.25) is 0 Å². The van der Waals surface area contributed by atoms with Gasteiger partial charge in [0.15, 0.2) is 0 Å². The number of hydrogen-bond acceptors (Lipinski definition) is 4. The predicted molar refractivity (Wildman–Crippen MR) is 57.6 cm³/mol. The Morgan fingerprint density at radius 1 is 1.71 bits per heavy atom. The smallest absolute Gasteiger partial charge is 0.341 e. The molecule has 1 rings (SSSR count). The maximum atomic E-state index is 12.7. The van der Waals surface area contributed by atoms with Crippen molar-refractivity contribution in [3.05, 3.63) is 27.5 Å². The van der Waals surface area contributed by atoms with Crippen LogP contribution in [0.2, 0.25) is 0 Å². The third-order valence-electron chi connectivity index (χ3n) is 1.82. The number of ether oxygens (including phenoxy) is 1. The topological polar surface area (TPSA) is 63.0 Å². The van der Waals surface area contributed by atoms with E-state index in [4.69, 9.17) is 5.26 Å². The number of halogens is 3. The van der Waals surface area contributed by atoms with Crippen molar-refractivity contribution < 1.29 is 18.3 Å². The van der Waals surface area contributed by atoms with Crippen LogP contribution in [0.15, 0.2) is 10.7 Å². The molecule has 90 valence electrons. The molecule has 1 heterocycles. The summed E-state index contributed by atoms with van der Waals surface area (Å²) in [6.45, 7) is 1.57. The quantitative estimate of drug-likeness (QED) is 0.636. The molecule has 0 amide bonds. The Hall–Kier alpha value is -1.55. The minimum atomic E-state index is -2.96. The zero-order valence-corrected chi connectivity index (χ0v) is 10.3. The molecule has 0 aliphatic heterocycles. The van der Waals surface area contributed by atoms with E-state index in [1.807, 2.05) is 0 Å². The molecule has 1 aromatic rings. The molecule has 17 heavy (non-hydrogen) atoms. The summed E-state index contributed by atoms with van der Waals surface area (Å²) in [6.07, 6.45) is -2.96. The first-order chi connectivity index (χ1) is 8.01. The lowest BCUT2D eigenvalue weighted by molar-refractivity contribution is 0.0513. The number of hydrogen-bond donors (Lipinski definition) is 0. The Morgan fingerprint density at radius 3 is 2.82 bits per heavy atom. The summed E-state index contributed by atoms with van der Waals surface area (Å²) in [7, 11) is 0. The molecule has 0 saturated carbocycles. The fraction of sp³-hybridized carbons (Fsp3) is 0.300. The summed E-state index contributed by atoms with van der Waals surface area (Å²) in [5, 5.41) is 8.81. The minimum Gasteiger partial charge on any atom is -0.462 e. The summed E-state index contributed by atoms with van der Waals surface area (Å²) in [5.41, 5.74) is -1.43. The molecule has 0 aromatic carbocycles. The molecule has 0 unspecified atom stereocenters. The van der Waals surface area contributed by atoms with Gasteiger partial charge < -0.3 is 4.74 Å². The fourth-order valence-electron chi connectivity index (χ4n) is 1.20. The Kier molecular flexibility index (Phi) is 4.52. The number of carbonyl (C=O) groups excluding carboxylic acids is 1. The maximum absolute atomic E-state index is 12.7. The van der Waals surface area contributed by atoms with Crippen molar-refractivity contribution in [2.75, 3.05) is 6.61 Å². The van der Waals surface area contributed by atoms with Crippen LogP contribution in [0.5, 0.6) is 0 Å². The first-order valence-corrected chi connectivity index (χ1v) is 5.36. The normalized spacial score (nSPS) is 10.1. The SMILES string of the molecule is CCOC(=O)c1c(C#N)cc(Br)nc1C(F)F. The molecular formula is C10H7BrF2N2O2. The molecule has 0 saturated heterocycles. The molecule has 0 fully saturated rings. The number of rotatable bonds is 3. The van der Waals surface area contributed by atoms with Crippen LogP contribution < -0.4 is 0 Å². The van der Waals surface area contributed by atoms with Gasteiger partial charge in [-0.05, 0) is 28.9 Å². The van der Waals surface area contributed by atoms with Crippen molar-refractivity contribution in [3.8, 4) is 6.07 Å². The van der Waals surface area contributed by atoms with Gasteiger partial charge in [-0.25, -0.2) is 18.6 Å². The van der Waals surface area contributed by atoms with Crippen LogP contribution in [-0.4, -0.2) is 17.6 Å². The lowest BCUT2D eigenvalue weighted by atomic mass is 10.1. The molecule has 0 aliphatic carbocycles. The standard InChI is InChI=1S/C10H7BrF2N2O2/c1-2-17-10(16)7-5(4-14)3-6(11)15-8(7)9(12)13/h3,9H,2H2,1H3. The van der Waals surface area contributed by atoms with Gasteiger partial charge in [0, 0.05) is 0 Å². The highest BCUT2D eigenvalue weighted by Crippen LogP contribution is 2.26. The van der Waals surface area contributed by atoms with Crippen LogP contribution in [0, 0.1) is 11.3 Å². The van der Waals surface area contributed by atoms with Crippen molar-refractivity contribution >= 4 is 21.9 Å². The summed E-state index contributed by atoms with van der Waals surface area (Å²) in [6, 6.07) is 2.86. The number of aromatic nitrogens is 1. The van der Waals surface area contributed by atoms with Gasteiger partial charge in [-0.3, -0.25) is 0 Å². The molecule has 7 heteroatoms. The molecular weight excluding hydrogens is 298 g/mol. The highest BCUT2D eigenvalue weighted by atomic mass is 79.9. The van der Waals surface area contributed by atoms with Gasteiger partial charge in [-0.15, -0.1) is 0 Å². The van der Waals surface area contributed by atoms with E-state index in [0.29, 0.717) is 0 Å². The highest BCUT2D eigenvalue weighted by molar-refractivity contribution is 9.10. The Balaban J connectivity index is 3.43. The first-order valence-electron chi connectivity index (χ1n) is 4.57. The van der Waals surface area contributed by atoms with Gasteiger partial charge in [0.05, 0.1) is 12.2 Å². The van der Waals surface area contributed by atoms with Crippen molar-refractivity contribution in [3.63, 3.8) is 0 Å². The lowest BCUT2D eigenvalue weighted by Crippen LogP contribution is -2.13. The molecule has 0 N–H and O–H groups in total. The molecule has 1 aromatic heterocycles. The summed E-state index contributed by atoms with van der Waals surface area (Å²) in [4.78, 5) is 15.0. The molecule has 0 spiro atoms. The zero-order valence-electron chi connectivity index (χ0n) is 8.71. The van der Waals surface area contributed by atoms with Crippen LogP contribution in [0.3, 0.4) is 0 Å². The third kappa shape index (κ3) is 2.97. The lowest BCUT2D eigenvalue weighted by Gasteiger charge is -2.09. The van der Waals surface area contributed by atoms with E-state index in [-0.39, 0.29) is 16.8 Å². The predicted octanol–water partition coefficient (Wildman–Crippen LogP) is 2.83. The molecule has 0 bridgehead atoms. The summed E-state index contributed by atoms with van der Waals surface area (Å²) in [5.74, 6) is -0.973. The Labute approximate surface area is 104 Å². The monoisotopic (exact) mass is 304 g/mol. The maximum Gasteiger partial charge on any atom is 0.341 e. The van der Waals surface area contributed by atoms with Crippen molar-refractivity contribution in [1.82, 2.24) is 4.98 Å². The Morgan fingerprint density at radius 2 is 2.35 bits per heavy atom. The molecule has 4 nitrogen and oxygen atoms in total. The average molecular weight is 305 g/mol. The van der Waals surface area contributed by atoms with Gasteiger partial charge in [0.1, 0.15) is 21.9 Å². The van der Waals surface area contributed by atoms with E-state index in [1.165, 1.54) is 13.0 Å². The van der Waals surface area contributed by atoms with Crippen molar-refractivity contribution in [2.45, 2.75) is 13.3 Å². The van der Waals surface area contributed by atoms with E-state index in [9.17, 15) is 13.6 Å². The number of nitrogens with zero attached hydrogens (tertiary/aromatic N) is 2. The van der Waals surface area contributed by atoms with E-state index >= 15 is 0 Å². The van der Waals surface area contributed by atoms with Gasteiger partial charge in [-0.1, -0.05) is 0 Å². The largest absolute Gasteiger partial charge is 0.462 e. The van der Waals surface area contributed by atoms with E-state index in [0.717, 1.165) is 0 Å². The van der Waals surface area contributed by atoms with E-state index in [2.05, 4.69) is 25.7 Å². The van der Waals surface area contributed by atoms with Crippen LogP contribution in [-0.2, 0) is 4.74 Å². The zero-order chi connectivity index (χ0) is 13.0. The Bertz CT molecular complexity index is 486. The van der Waals surface area contributed by atoms with Crippen molar-refractivity contribution in [2.24, 2.45) is 0 Å². The van der Waals surface area contributed by atoms with Crippen LogP contribution in [0.1, 0.15) is 35.0 Å². The first kappa shape index (κ1) is 13.5. The molecule has 0 radical (unpaired) electrons. The minimum absolute atomic E-state index is 0.0302. The number of alkyl halides is 2. The molecule has 0 atom stereocenters. The van der Waals surface area contributed by atoms with Crippen LogP contribution >= 0.6 is 15.9 Å². The van der Waals surface area contributed by atoms with E-state index in [1.54, 1.807) is 6.07 Å².